The summed E-state index contributed by atoms with van der Waals surface area (Å²) >= 11 is 0. The number of carboxylic acids is 1. The van der Waals surface area contributed by atoms with Crippen LogP contribution in [-0.4, -0.2) is 29.8 Å². The Hall–Kier alpha value is -3.03. The van der Waals surface area contributed by atoms with Gasteiger partial charge >= 0.3 is 12.1 Å². The highest BCUT2D eigenvalue weighted by Crippen LogP contribution is 2.43. The Morgan fingerprint density at radius 1 is 1.09 bits per heavy atom. The van der Waals surface area contributed by atoms with Crippen molar-refractivity contribution >= 4 is 11.9 Å². The highest BCUT2D eigenvalue weighted by atomic mass is 19.4. The molecule has 0 radical (unpaired) electrons. The first kappa shape index (κ1) is 28.2. The second-order valence-corrected chi connectivity index (χ2v) is 10.0. The van der Waals surface area contributed by atoms with Gasteiger partial charge in [0.05, 0.1) is 6.61 Å². The average molecular weight is 494 g/mol. The number of ether oxygens (including phenoxy) is 1. The van der Waals surface area contributed by atoms with E-state index in [-0.39, 0.29) is 0 Å². The second-order valence-electron chi connectivity index (χ2n) is 10.0. The molecule has 0 heterocycles. The lowest BCUT2D eigenvalue weighted by Crippen LogP contribution is -2.27. The summed E-state index contributed by atoms with van der Waals surface area (Å²) in [7, 11) is 0. The van der Waals surface area contributed by atoms with Crippen molar-refractivity contribution in [3.05, 3.63) is 54.1 Å². The quantitative estimate of drug-likeness (QED) is 0.420. The van der Waals surface area contributed by atoms with E-state index in [0.717, 1.165) is 41.7 Å². The number of amides is 1. The van der Waals surface area contributed by atoms with E-state index in [1.165, 1.54) is 25.7 Å². The van der Waals surface area contributed by atoms with Gasteiger partial charge in [-0.05, 0) is 84.7 Å². The number of alkyl halides is 3. The Bertz CT molecular complexity index is 987. The van der Waals surface area contributed by atoms with Gasteiger partial charge in [-0.2, -0.15) is 13.2 Å². The summed E-state index contributed by atoms with van der Waals surface area (Å²) in [5.41, 5.74) is 8.42. The molecule has 0 aromatic heterocycles. The van der Waals surface area contributed by atoms with Gasteiger partial charge in [0.15, 0.2) is 0 Å². The third-order valence-electron chi connectivity index (χ3n) is 6.08. The van der Waals surface area contributed by atoms with E-state index < -0.39 is 18.1 Å². The molecule has 35 heavy (non-hydrogen) atoms. The van der Waals surface area contributed by atoms with Crippen molar-refractivity contribution < 1.29 is 32.6 Å². The number of halogens is 3. The standard InChI is InChI=1S/C25H33NO2.C2HF3O2/c1-18-14-19(17-25(2,3)16-18)6-5-13-28-23-11-9-20(10-12-23)21-7-4-8-22(15-21)24(26)27;3-2(4,5)1(6)7/h4,7-12,15,18-19H,5-6,13-14,16-17H2,1-3H3,(H2,26,27);(H,6,7). The van der Waals surface area contributed by atoms with Crippen LogP contribution in [-0.2, 0) is 4.79 Å². The van der Waals surface area contributed by atoms with Crippen molar-refractivity contribution in [1.29, 1.82) is 0 Å². The van der Waals surface area contributed by atoms with E-state index in [4.69, 9.17) is 20.4 Å². The number of benzene rings is 2. The lowest BCUT2D eigenvalue weighted by Gasteiger charge is -2.39. The lowest BCUT2D eigenvalue weighted by molar-refractivity contribution is -0.192. The van der Waals surface area contributed by atoms with E-state index >= 15 is 0 Å². The van der Waals surface area contributed by atoms with Crippen LogP contribution in [0.15, 0.2) is 48.5 Å². The van der Waals surface area contributed by atoms with Crippen molar-refractivity contribution in [2.24, 2.45) is 23.0 Å². The molecule has 2 aromatic rings. The van der Waals surface area contributed by atoms with Gasteiger partial charge in [0.25, 0.3) is 0 Å². The third-order valence-corrected chi connectivity index (χ3v) is 6.08. The molecule has 8 heteroatoms. The molecule has 2 unspecified atom stereocenters. The first-order valence-electron chi connectivity index (χ1n) is 11.7. The van der Waals surface area contributed by atoms with Gasteiger partial charge < -0.3 is 15.6 Å². The van der Waals surface area contributed by atoms with Gasteiger partial charge in [0.1, 0.15) is 5.75 Å². The monoisotopic (exact) mass is 493 g/mol. The molecular formula is C27H34F3NO4. The van der Waals surface area contributed by atoms with Gasteiger partial charge in [0, 0.05) is 5.56 Å². The van der Waals surface area contributed by atoms with Crippen LogP contribution >= 0.6 is 0 Å². The molecule has 1 aliphatic carbocycles. The van der Waals surface area contributed by atoms with Crippen molar-refractivity contribution in [3.63, 3.8) is 0 Å². The zero-order valence-electron chi connectivity index (χ0n) is 20.4. The highest BCUT2D eigenvalue weighted by Gasteiger charge is 2.38. The second kappa shape index (κ2) is 12.1. The van der Waals surface area contributed by atoms with E-state index in [2.05, 4.69) is 20.8 Å². The summed E-state index contributed by atoms with van der Waals surface area (Å²) in [6.07, 6.45) is 1.34. The smallest absolute Gasteiger partial charge is 0.490 e. The van der Waals surface area contributed by atoms with Crippen molar-refractivity contribution in [3.8, 4) is 16.9 Å². The van der Waals surface area contributed by atoms with E-state index in [1.54, 1.807) is 6.07 Å². The van der Waals surface area contributed by atoms with Crippen LogP contribution in [0.2, 0.25) is 0 Å². The molecule has 1 aliphatic rings. The molecule has 1 amide bonds. The fraction of sp³-hybridized carbons (Fsp3) is 0.481. The number of carboxylic acid groups (broad SMARTS) is 1. The lowest BCUT2D eigenvalue weighted by atomic mass is 9.67. The van der Waals surface area contributed by atoms with Crippen LogP contribution < -0.4 is 10.5 Å². The Labute approximate surface area is 204 Å². The average Bonchev–Trinajstić information content (AvgIpc) is 2.75. The number of carbonyl (C=O) groups excluding carboxylic acids is 1. The molecule has 0 bridgehead atoms. The molecule has 0 spiro atoms. The summed E-state index contributed by atoms with van der Waals surface area (Å²) in [6, 6.07) is 15.4. The molecule has 0 aliphatic heterocycles. The minimum absolute atomic E-state index is 0.405. The van der Waals surface area contributed by atoms with Crippen molar-refractivity contribution in [2.75, 3.05) is 6.61 Å². The normalized spacial score (nSPS) is 19.3. The number of aliphatic carboxylic acids is 1. The van der Waals surface area contributed by atoms with Gasteiger partial charge in [-0.1, -0.05) is 45.0 Å². The van der Waals surface area contributed by atoms with Crippen molar-refractivity contribution in [2.45, 2.75) is 59.1 Å². The van der Waals surface area contributed by atoms with Crippen LogP contribution in [0.3, 0.4) is 0 Å². The van der Waals surface area contributed by atoms with Crippen LogP contribution in [0.1, 0.15) is 63.2 Å². The Balaban J connectivity index is 0.000000540. The molecule has 2 aromatic carbocycles. The maximum atomic E-state index is 11.4. The van der Waals surface area contributed by atoms with Gasteiger partial charge in [-0.3, -0.25) is 4.79 Å². The number of hydrogen-bond donors (Lipinski definition) is 2. The zero-order valence-corrected chi connectivity index (χ0v) is 20.4. The summed E-state index contributed by atoms with van der Waals surface area (Å²) in [5.74, 6) is -0.588. The molecule has 0 saturated heterocycles. The van der Waals surface area contributed by atoms with Crippen LogP contribution in [0.25, 0.3) is 11.1 Å². The molecule has 2 atom stereocenters. The maximum Gasteiger partial charge on any atom is 0.490 e. The van der Waals surface area contributed by atoms with Crippen LogP contribution in [0, 0.1) is 17.3 Å². The molecule has 1 fully saturated rings. The number of carbonyl (C=O) groups is 2. The zero-order chi connectivity index (χ0) is 26.2. The summed E-state index contributed by atoms with van der Waals surface area (Å²) in [4.78, 5) is 20.3. The van der Waals surface area contributed by atoms with E-state index in [9.17, 15) is 18.0 Å². The fourth-order valence-electron chi connectivity index (χ4n) is 4.92. The van der Waals surface area contributed by atoms with Gasteiger partial charge in [-0.25, -0.2) is 4.79 Å². The summed E-state index contributed by atoms with van der Waals surface area (Å²) < 4.78 is 37.7. The Kier molecular flexibility index (Phi) is 9.74. The molecule has 3 N–H and O–H groups in total. The molecular weight excluding hydrogens is 459 g/mol. The molecule has 5 nitrogen and oxygen atoms in total. The topological polar surface area (TPSA) is 89.6 Å². The maximum absolute atomic E-state index is 11.4. The van der Waals surface area contributed by atoms with E-state index in [0.29, 0.717) is 11.0 Å². The minimum Gasteiger partial charge on any atom is -0.494 e. The summed E-state index contributed by atoms with van der Waals surface area (Å²) in [6.45, 7) is 7.98. The molecule has 3 rings (SSSR count). The number of hydrogen-bond acceptors (Lipinski definition) is 3. The van der Waals surface area contributed by atoms with Crippen LogP contribution in [0.5, 0.6) is 5.75 Å². The molecule has 192 valence electrons. The first-order valence-corrected chi connectivity index (χ1v) is 11.7. The SMILES string of the molecule is CC1CC(CCCOc2ccc(-c3cccc(C(N)=O)c3)cc2)CC(C)(C)C1.O=C(O)C(F)(F)F. The summed E-state index contributed by atoms with van der Waals surface area (Å²) in [5, 5.41) is 7.12. The third kappa shape index (κ3) is 9.62. The molecule has 1 saturated carbocycles. The number of rotatable bonds is 7. The van der Waals surface area contributed by atoms with Crippen molar-refractivity contribution in [1.82, 2.24) is 0 Å². The highest BCUT2D eigenvalue weighted by molar-refractivity contribution is 5.94. The Morgan fingerprint density at radius 2 is 1.71 bits per heavy atom. The minimum atomic E-state index is -5.08. The van der Waals surface area contributed by atoms with E-state index in [1.807, 2.05) is 42.5 Å². The first-order chi connectivity index (χ1) is 16.3. The predicted octanol–water partition coefficient (Wildman–Crippen LogP) is 6.71. The van der Waals surface area contributed by atoms with Gasteiger partial charge in [-0.15, -0.1) is 0 Å². The Morgan fingerprint density at radius 3 is 2.26 bits per heavy atom. The number of nitrogens with two attached hydrogens (primary N) is 1. The van der Waals surface area contributed by atoms with Gasteiger partial charge in [0.2, 0.25) is 5.91 Å². The fourth-order valence-corrected chi connectivity index (χ4v) is 4.92. The largest absolute Gasteiger partial charge is 0.494 e. The number of primary amides is 1. The predicted molar refractivity (Wildman–Crippen MR) is 129 cm³/mol. The van der Waals surface area contributed by atoms with Crippen LogP contribution in [0.4, 0.5) is 13.2 Å².